The lowest BCUT2D eigenvalue weighted by atomic mass is 9.80. The van der Waals surface area contributed by atoms with Gasteiger partial charge in [-0.3, -0.25) is 9.59 Å². The number of hydrogen-bond acceptors (Lipinski definition) is 2. The monoisotopic (exact) mass is 255 g/mol. The van der Waals surface area contributed by atoms with E-state index in [1.54, 1.807) is 4.90 Å². The Labute approximate surface area is 109 Å². The van der Waals surface area contributed by atoms with Crippen LogP contribution in [-0.2, 0) is 9.59 Å². The summed E-state index contributed by atoms with van der Waals surface area (Å²) in [5.41, 5.74) is -0.541. The van der Waals surface area contributed by atoms with Gasteiger partial charge in [0.2, 0.25) is 5.91 Å². The molecule has 1 saturated heterocycles. The number of likely N-dealkylation sites (tertiary alicyclic amines) is 1. The van der Waals surface area contributed by atoms with Crippen molar-refractivity contribution < 1.29 is 14.7 Å². The summed E-state index contributed by atoms with van der Waals surface area (Å²) in [6.07, 6.45) is 3.07. The minimum atomic E-state index is -1.01. The molecule has 1 aliphatic rings. The third kappa shape index (κ3) is 3.72. The van der Waals surface area contributed by atoms with E-state index in [0.29, 0.717) is 19.0 Å². The Bertz CT molecular complexity index is 319. The molecule has 4 heteroatoms. The standard InChI is InChI=1S/C14H25NO3/c1-10-6-5-8-15(9-7-10)12(16)11(13(17)18)14(2,3)4/h10-11H,5-9H2,1-4H3,(H,17,18). The van der Waals surface area contributed by atoms with Crippen molar-refractivity contribution in [1.82, 2.24) is 4.90 Å². The molecule has 0 spiro atoms. The normalized spacial score (nSPS) is 23.3. The molecular formula is C14H25NO3. The van der Waals surface area contributed by atoms with E-state index in [-0.39, 0.29) is 5.91 Å². The molecule has 0 bridgehead atoms. The van der Waals surface area contributed by atoms with Gasteiger partial charge in [0.05, 0.1) is 0 Å². The van der Waals surface area contributed by atoms with Gasteiger partial charge in [-0.1, -0.05) is 27.7 Å². The SMILES string of the molecule is CC1CCCN(C(=O)C(C(=O)O)C(C)(C)C)CC1. The molecule has 0 radical (unpaired) electrons. The van der Waals surface area contributed by atoms with Gasteiger partial charge < -0.3 is 10.0 Å². The first kappa shape index (κ1) is 15.0. The van der Waals surface area contributed by atoms with Crippen LogP contribution in [0, 0.1) is 17.3 Å². The van der Waals surface area contributed by atoms with E-state index in [1.807, 2.05) is 20.8 Å². The van der Waals surface area contributed by atoms with Crippen molar-refractivity contribution >= 4 is 11.9 Å². The van der Waals surface area contributed by atoms with Crippen molar-refractivity contribution in [3.05, 3.63) is 0 Å². The van der Waals surface area contributed by atoms with Gasteiger partial charge in [-0.15, -0.1) is 0 Å². The fraction of sp³-hybridized carbons (Fsp3) is 0.857. The molecule has 1 fully saturated rings. The number of hydrogen-bond donors (Lipinski definition) is 1. The zero-order valence-corrected chi connectivity index (χ0v) is 11.9. The summed E-state index contributed by atoms with van der Waals surface area (Å²) in [6.45, 7) is 9.01. The highest BCUT2D eigenvalue weighted by molar-refractivity contribution is 5.97. The Balaban J connectivity index is 2.80. The van der Waals surface area contributed by atoms with Gasteiger partial charge in [-0.25, -0.2) is 0 Å². The van der Waals surface area contributed by atoms with E-state index in [2.05, 4.69) is 6.92 Å². The average molecular weight is 255 g/mol. The van der Waals surface area contributed by atoms with Gasteiger partial charge >= 0.3 is 5.97 Å². The van der Waals surface area contributed by atoms with Gasteiger partial charge in [0.15, 0.2) is 0 Å². The van der Waals surface area contributed by atoms with Crippen LogP contribution in [0.4, 0.5) is 0 Å². The quantitative estimate of drug-likeness (QED) is 0.771. The van der Waals surface area contributed by atoms with E-state index >= 15 is 0 Å². The molecule has 18 heavy (non-hydrogen) atoms. The second-order valence-corrected chi connectivity index (χ2v) is 6.50. The van der Waals surface area contributed by atoms with Crippen LogP contribution in [0.3, 0.4) is 0 Å². The van der Waals surface area contributed by atoms with Crippen LogP contribution in [-0.4, -0.2) is 35.0 Å². The minimum Gasteiger partial charge on any atom is -0.481 e. The number of carbonyl (C=O) groups is 2. The maximum Gasteiger partial charge on any atom is 0.316 e. The van der Waals surface area contributed by atoms with E-state index < -0.39 is 17.3 Å². The average Bonchev–Trinajstić information content (AvgIpc) is 2.39. The van der Waals surface area contributed by atoms with Crippen molar-refractivity contribution in [3.8, 4) is 0 Å². The Morgan fingerprint density at radius 3 is 2.33 bits per heavy atom. The van der Waals surface area contributed by atoms with Gasteiger partial charge in [-0.05, 0) is 30.6 Å². The molecule has 1 N–H and O–H groups in total. The second kappa shape index (κ2) is 5.72. The molecule has 0 aromatic carbocycles. The molecule has 2 atom stereocenters. The lowest BCUT2D eigenvalue weighted by Gasteiger charge is -2.31. The van der Waals surface area contributed by atoms with Crippen LogP contribution in [0.2, 0.25) is 0 Å². The Morgan fingerprint density at radius 2 is 1.83 bits per heavy atom. The largest absolute Gasteiger partial charge is 0.481 e. The summed E-state index contributed by atoms with van der Waals surface area (Å²) in [4.78, 5) is 25.5. The number of carbonyl (C=O) groups excluding carboxylic acids is 1. The molecule has 1 amide bonds. The van der Waals surface area contributed by atoms with E-state index in [9.17, 15) is 14.7 Å². The first-order valence-corrected chi connectivity index (χ1v) is 6.75. The minimum absolute atomic E-state index is 0.218. The first-order chi connectivity index (χ1) is 8.23. The van der Waals surface area contributed by atoms with Crippen molar-refractivity contribution in [2.24, 2.45) is 17.3 Å². The lowest BCUT2D eigenvalue weighted by Crippen LogP contribution is -2.45. The molecule has 4 nitrogen and oxygen atoms in total. The summed E-state index contributed by atoms with van der Waals surface area (Å²) < 4.78 is 0. The smallest absolute Gasteiger partial charge is 0.316 e. The van der Waals surface area contributed by atoms with E-state index in [4.69, 9.17) is 0 Å². The Hall–Kier alpha value is -1.06. The maximum atomic E-state index is 12.4. The van der Waals surface area contributed by atoms with Crippen molar-refractivity contribution in [3.63, 3.8) is 0 Å². The summed E-state index contributed by atoms with van der Waals surface area (Å²) >= 11 is 0. The van der Waals surface area contributed by atoms with Gasteiger partial charge in [-0.2, -0.15) is 0 Å². The molecule has 104 valence electrons. The highest BCUT2D eigenvalue weighted by Crippen LogP contribution is 2.29. The Morgan fingerprint density at radius 1 is 1.22 bits per heavy atom. The number of nitrogens with zero attached hydrogens (tertiary/aromatic N) is 1. The van der Waals surface area contributed by atoms with Crippen molar-refractivity contribution in [1.29, 1.82) is 0 Å². The van der Waals surface area contributed by atoms with Crippen molar-refractivity contribution in [2.75, 3.05) is 13.1 Å². The van der Waals surface area contributed by atoms with Crippen LogP contribution in [0.1, 0.15) is 47.0 Å². The number of amides is 1. The van der Waals surface area contributed by atoms with Crippen LogP contribution in [0.5, 0.6) is 0 Å². The molecule has 1 rings (SSSR count). The zero-order chi connectivity index (χ0) is 13.9. The number of rotatable bonds is 2. The van der Waals surface area contributed by atoms with Crippen LogP contribution >= 0.6 is 0 Å². The third-order valence-corrected chi connectivity index (χ3v) is 3.69. The molecule has 0 aromatic rings. The van der Waals surface area contributed by atoms with E-state index in [0.717, 1.165) is 19.3 Å². The molecule has 0 aliphatic carbocycles. The molecule has 0 aromatic heterocycles. The maximum absolute atomic E-state index is 12.4. The third-order valence-electron chi connectivity index (χ3n) is 3.69. The van der Waals surface area contributed by atoms with Crippen molar-refractivity contribution in [2.45, 2.75) is 47.0 Å². The highest BCUT2D eigenvalue weighted by Gasteiger charge is 2.40. The van der Waals surface area contributed by atoms with E-state index in [1.165, 1.54) is 0 Å². The highest BCUT2D eigenvalue weighted by atomic mass is 16.4. The predicted molar refractivity (Wildman–Crippen MR) is 70.2 cm³/mol. The number of carboxylic acids is 1. The Kier molecular flexibility index (Phi) is 4.77. The molecular weight excluding hydrogens is 230 g/mol. The lowest BCUT2D eigenvalue weighted by molar-refractivity contribution is -0.156. The number of aliphatic carboxylic acids is 1. The predicted octanol–water partition coefficient (Wildman–Crippen LogP) is 2.38. The first-order valence-electron chi connectivity index (χ1n) is 6.75. The van der Waals surface area contributed by atoms with Crippen LogP contribution in [0.15, 0.2) is 0 Å². The summed E-state index contributed by atoms with van der Waals surface area (Å²) in [5, 5.41) is 9.28. The number of carboxylic acid groups (broad SMARTS) is 1. The fourth-order valence-corrected chi connectivity index (χ4v) is 2.51. The summed E-state index contributed by atoms with van der Waals surface area (Å²) in [7, 11) is 0. The topological polar surface area (TPSA) is 57.6 Å². The van der Waals surface area contributed by atoms with Gasteiger partial charge in [0.25, 0.3) is 0 Å². The molecule has 1 aliphatic heterocycles. The van der Waals surface area contributed by atoms with Gasteiger partial charge in [0.1, 0.15) is 5.92 Å². The molecule has 2 unspecified atom stereocenters. The zero-order valence-electron chi connectivity index (χ0n) is 11.9. The van der Waals surface area contributed by atoms with Crippen LogP contribution < -0.4 is 0 Å². The fourth-order valence-electron chi connectivity index (χ4n) is 2.51. The molecule has 0 saturated carbocycles. The summed E-state index contributed by atoms with van der Waals surface area (Å²) in [5.74, 6) is -1.54. The van der Waals surface area contributed by atoms with Gasteiger partial charge in [0, 0.05) is 13.1 Å². The molecule has 1 heterocycles. The second-order valence-electron chi connectivity index (χ2n) is 6.50. The van der Waals surface area contributed by atoms with Crippen LogP contribution in [0.25, 0.3) is 0 Å². The summed E-state index contributed by atoms with van der Waals surface area (Å²) in [6, 6.07) is 0.